The molecule has 0 saturated carbocycles. The lowest BCUT2D eigenvalue weighted by molar-refractivity contribution is 0.450. The van der Waals surface area contributed by atoms with Crippen LogP contribution < -0.4 is 0 Å². The molecule has 0 spiro atoms. The van der Waals surface area contributed by atoms with Crippen LogP contribution in [0.4, 0.5) is 0 Å². The molecule has 1 aromatic heterocycles. The summed E-state index contributed by atoms with van der Waals surface area (Å²) in [7, 11) is 0. The minimum Gasteiger partial charge on any atom is -0.448 e. The van der Waals surface area contributed by atoms with E-state index >= 15 is 0 Å². The maximum absolute atomic E-state index is 5.01. The van der Waals surface area contributed by atoms with Gasteiger partial charge < -0.3 is 4.42 Å². The molecule has 8 heavy (non-hydrogen) atoms. The van der Waals surface area contributed by atoms with Gasteiger partial charge in [0.05, 0.1) is 5.69 Å². The molecule has 0 aliphatic heterocycles. The summed E-state index contributed by atoms with van der Waals surface area (Å²) in [6.07, 6.45) is 2.60. The van der Waals surface area contributed by atoms with Gasteiger partial charge in [0.1, 0.15) is 5.76 Å². The van der Waals surface area contributed by atoms with Gasteiger partial charge in [-0.05, 0) is 0 Å². The van der Waals surface area contributed by atoms with E-state index < -0.39 is 0 Å². The fourth-order valence-corrected chi connectivity index (χ4v) is 1.08. The quantitative estimate of drug-likeness (QED) is 0.502. The lowest BCUT2D eigenvalue weighted by Gasteiger charge is -2.16. The smallest absolute Gasteiger partial charge is 0.181 e. The standard InChI is InChI=1S/C6H7NO/c1-4-2-5-6(4)7-3-8-5/h3-4H,2H2,1H3/t4-/m1/s1. The Bertz CT molecular complexity index is 204. The second-order valence-electron chi connectivity index (χ2n) is 2.27. The van der Waals surface area contributed by atoms with E-state index in [0.717, 1.165) is 17.9 Å². The van der Waals surface area contributed by atoms with E-state index in [1.165, 1.54) is 6.39 Å². The summed E-state index contributed by atoms with van der Waals surface area (Å²) in [6, 6.07) is 0. The maximum Gasteiger partial charge on any atom is 0.181 e. The van der Waals surface area contributed by atoms with Crippen molar-refractivity contribution in [2.75, 3.05) is 0 Å². The normalized spacial score (nSPS) is 24.4. The predicted octanol–water partition coefficient (Wildman–Crippen LogP) is 1.33. The molecule has 0 fully saturated rings. The van der Waals surface area contributed by atoms with Crippen LogP contribution in [-0.4, -0.2) is 4.98 Å². The zero-order valence-corrected chi connectivity index (χ0v) is 4.72. The Morgan fingerprint density at radius 2 is 2.75 bits per heavy atom. The van der Waals surface area contributed by atoms with Gasteiger partial charge in [-0.2, -0.15) is 0 Å². The number of rotatable bonds is 0. The molecule has 0 unspecified atom stereocenters. The molecule has 0 N–H and O–H groups in total. The number of oxazole rings is 1. The van der Waals surface area contributed by atoms with Gasteiger partial charge in [0.25, 0.3) is 0 Å². The summed E-state index contributed by atoms with van der Waals surface area (Å²) in [5.74, 6) is 1.72. The fraction of sp³-hybridized carbons (Fsp3) is 0.500. The van der Waals surface area contributed by atoms with Gasteiger partial charge >= 0.3 is 0 Å². The highest BCUT2D eigenvalue weighted by Gasteiger charge is 2.26. The maximum atomic E-state index is 5.01. The first kappa shape index (κ1) is 4.13. The molecule has 0 amide bonds. The van der Waals surface area contributed by atoms with Crippen LogP contribution in [0.25, 0.3) is 0 Å². The predicted molar refractivity (Wildman–Crippen MR) is 28.6 cm³/mol. The average Bonchev–Trinajstić information content (AvgIpc) is 2.09. The van der Waals surface area contributed by atoms with E-state index in [1.54, 1.807) is 0 Å². The summed E-state index contributed by atoms with van der Waals surface area (Å²) in [6.45, 7) is 2.16. The van der Waals surface area contributed by atoms with Crippen LogP contribution in [-0.2, 0) is 6.42 Å². The highest BCUT2D eigenvalue weighted by atomic mass is 16.3. The van der Waals surface area contributed by atoms with Crippen molar-refractivity contribution in [1.82, 2.24) is 4.98 Å². The van der Waals surface area contributed by atoms with Crippen molar-refractivity contribution in [3.63, 3.8) is 0 Å². The molecule has 2 heteroatoms. The molecule has 42 valence electrons. The third-order valence-corrected chi connectivity index (χ3v) is 1.63. The monoisotopic (exact) mass is 109 g/mol. The summed E-state index contributed by atoms with van der Waals surface area (Å²) >= 11 is 0. The molecule has 1 aromatic rings. The van der Waals surface area contributed by atoms with E-state index in [1.807, 2.05) is 0 Å². The van der Waals surface area contributed by atoms with Gasteiger partial charge in [0.2, 0.25) is 0 Å². The molecule has 2 rings (SSSR count). The van der Waals surface area contributed by atoms with Gasteiger partial charge in [-0.25, -0.2) is 4.98 Å². The average molecular weight is 109 g/mol. The van der Waals surface area contributed by atoms with Gasteiger partial charge in [-0.1, -0.05) is 6.92 Å². The first-order valence-corrected chi connectivity index (χ1v) is 2.80. The van der Waals surface area contributed by atoms with Crippen LogP contribution in [0.15, 0.2) is 10.8 Å². The highest BCUT2D eigenvalue weighted by molar-refractivity contribution is 5.24. The summed E-state index contributed by atoms with van der Waals surface area (Å²) in [5.41, 5.74) is 1.16. The molecular weight excluding hydrogens is 102 g/mol. The van der Waals surface area contributed by atoms with E-state index in [4.69, 9.17) is 4.42 Å². The van der Waals surface area contributed by atoms with Crippen LogP contribution in [0.3, 0.4) is 0 Å². The molecule has 1 aliphatic rings. The Labute approximate surface area is 47.5 Å². The van der Waals surface area contributed by atoms with Crippen LogP contribution in [0.5, 0.6) is 0 Å². The largest absolute Gasteiger partial charge is 0.448 e. The first-order valence-electron chi connectivity index (χ1n) is 2.80. The van der Waals surface area contributed by atoms with E-state index in [2.05, 4.69) is 11.9 Å². The van der Waals surface area contributed by atoms with Crippen LogP contribution in [0.1, 0.15) is 24.3 Å². The molecule has 0 aromatic carbocycles. The van der Waals surface area contributed by atoms with Crippen molar-refractivity contribution in [2.24, 2.45) is 0 Å². The van der Waals surface area contributed by atoms with Crippen LogP contribution in [0.2, 0.25) is 0 Å². The van der Waals surface area contributed by atoms with Crippen LogP contribution >= 0.6 is 0 Å². The van der Waals surface area contributed by atoms with Crippen molar-refractivity contribution in [3.8, 4) is 0 Å². The fourth-order valence-electron chi connectivity index (χ4n) is 1.08. The molecule has 0 bridgehead atoms. The number of nitrogens with zero attached hydrogens (tertiary/aromatic N) is 1. The summed E-state index contributed by atoms with van der Waals surface area (Å²) < 4.78 is 5.01. The van der Waals surface area contributed by atoms with E-state index in [-0.39, 0.29) is 0 Å². The summed E-state index contributed by atoms with van der Waals surface area (Å²) in [5, 5.41) is 0. The van der Waals surface area contributed by atoms with Crippen molar-refractivity contribution in [2.45, 2.75) is 19.3 Å². The Morgan fingerprint density at radius 1 is 1.88 bits per heavy atom. The van der Waals surface area contributed by atoms with E-state index in [9.17, 15) is 0 Å². The van der Waals surface area contributed by atoms with Gasteiger partial charge in [0, 0.05) is 12.3 Å². The van der Waals surface area contributed by atoms with Crippen molar-refractivity contribution in [1.29, 1.82) is 0 Å². The molecule has 0 saturated heterocycles. The molecule has 1 aliphatic carbocycles. The molecule has 0 radical (unpaired) electrons. The topological polar surface area (TPSA) is 26.0 Å². The Balaban J connectivity index is 2.53. The third-order valence-electron chi connectivity index (χ3n) is 1.63. The van der Waals surface area contributed by atoms with Crippen LogP contribution in [0, 0.1) is 0 Å². The zero-order valence-electron chi connectivity index (χ0n) is 4.72. The second kappa shape index (κ2) is 1.13. The number of hydrogen-bond acceptors (Lipinski definition) is 2. The SMILES string of the molecule is C[C@@H]1Cc2ocnc21. The minimum absolute atomic E-state index is 0.642. The molecule has 1 heterocycles. The van der Waals surface area contributed by atoms with Gasteiger partial charge in [-0.15, -0.1) is 0 Å². The molecule has 2 nitrogen and oxygen atoms in total. The Morgan fingerprint density at radius 3 is 3.25 bits per heavy atom. The van der Waals surface area contributed by atoms with Crippen molar-refractivity contribution < 1.29 is 4.42 Å². The van der Waals surface area contributed by atoms with Gasteiger partial charge in [0.15, 0.2) is 6.39 Å². The molecule has 1 atom stereocenters. The lowest BCUT2D eigenvalue weighted by Crippen LogP contribution is -2.11. The zero-order chi connectivity index (χ0) is 5.56. The van der Waals surface area contributed by atoms with Crippen molar-refractivity contribution in [3.05, 3.63) is 17.8 Å². The Hall–Kier alpha value is -0.790. The van der Waals surface area contributed by atoms with Crippen molar-refractivity contribution >= 4 is 0 Å². The Kier molecular flexibility index (Phi) is 0.583. The minimum atomic E-state index is 0.642. The highest BCUT2D eigenvalue weighted by Crippen LogP contribution is 2.32. The van der Waals surface area contributed by atoms with Gasteiger partial charge in [-0.3, -0.25) is 0 Å². The number of fused-ring (bicyclic) bond motifs is 1. The number of hydrogen-bond donors (Lipinski definition) is 0. The summed E-state index contributed by atoms with van der Waals surface area (Å²) in [4.78, 5) is 4.02. The first-order chi connectivity index (χ1) is 3.88. The van der Waals surface area contributed by atoms with E-state index in [0.29, 0.717) is 5.92 Å². The second-order valence-corrected chi connectivity index (χ2v) is 2.27. The number of aromatic nitrogens is 1. The lowest BCUT2D eigenvalue weighted by atomic mass is 9.89. The third kappa shape index (κ3) is 0.312. The molecular formula is C6H7NO.